The number of benzene rings is 1. The molecule has 1 aliphatic heterocycles. The lowest BCUT2D eigenvalue weighted by molar-refractivity contribution is -0.133. The fourth-order valence-electron chi connectivity index (χ4n) is 2.62. The lowest BCUT2D eigenvalue weighted by Crippen LogP contribution is -2.33. The van der Waals surface area contributed by atoms with Crippen molar-refractivity contribution >= 4 is 17.7 Å². The molecule has 20 heavy (non-hydrogen) atoms. The maximum absolute atomic E-state index is 11.5. The molecule has 104 valence electrons. The molecule has 0 aliphatic carbocycles. The van der Waals surface area contributed by atoms with Crippen molar-refractivity contribution in [2.24, 2.45) is 10.9 Å². The number of hydrogen-bond acceptors (Lipinski definition) is 3. The van der Waals surface area contributed by atoms with E-state index < -0.39 is 23.8 Å². The summed E-state index contributed by atoms with van der Waals surface area (Å²) in [5.41, 5.74) is 1.20. The highest BCUT2D eigenvalue weighted by atomic mass is 16.4. The number of carboxylic acids is 2. The van der Waals surface area contributed by atoms with Crippen LogP contribution >= 0.6 is 0 Å². The molecule has 2 atom stereocenters. The molecule has 0 aromatic heterocycles. The van der Waals surface area contributed by atoms with Crippen molar-refractivity contribution in [3.8, 4) is 0 Å². The van der Waals surface area contributed by atoms with Crippen molar-refractivity contribution in [3.05, 3.63) is 47.2 Å². The van der Waals surface area contributed by atoms with E-state index in [0.29, 0.717) is 0 Å². The van der Waals surface area contributed by atoms with E-state index in [2.05, 4.69) is 4.99 Å². The summed E-state index contributed by atoms with van der Waals surface area (Å²) in [5, 5.41) is 18.6. The van der Waals surface area contributed by atoms with E-state index in [4.69, 9.17) is 0 Å². The molecule has 1 aromatic rings. The van der Waals surface area contributed by atoms with Gasteiger partial charge in [-0.25, -0.2) is 14.6 Å². The molecule has 0 radical (unpaired) electrons. The van der Waals surface area contributed by atoms with Crippen molar-refractivity contribution in [3.63, 3.8) is 0 Å². The highest BCUT2D eigenvalue weighted by Gasteiger charge is 2.37. The van der Waals surface area contributed by atoms with E-state index in [1.165, 1.54) is 6.92 Å². The van der Waals surface area contributed by atoms with Crippen LogP contribution in [0.2, 0.25) is 0 Å². The van der Waals surface area contributed by atoms with Gasteiger partial charge >= 0.3 is 11.9 Å². The highest BCUT2D eigenvalue weighted by molar-refractivity contribution is 6.37. The number of rotatable bonds is 3. The summed E-state index contributed by atoms with van der Waals surface area (Å²) in [6.45, 7) is 3.23. The summed E-state index contributed by atoms with van der Waals surface area (Å²) in [4.78, 5) is 26.7. The molecule has 0 fully saturated rings. The Kier molecular flexibility index (Phi) is 3.70. The third-order valence-electron chi connectivity index (χ3n) is 3.53. The SMILES string of the molecule is CC1=C(C(=O)O)C(c2ccccc2)C(C)C(C(=O)O)=N1. The Balaban J connectivity index is 2.62. The second-order valence-electron chi connectivity index (χ2n) is 4.78. The van der Waals surface area contributed by atoms with Crippen LogP contribution in [0.4, 0.5) is 0 Å². The number of aliphatic carboxylic acids is 2. The molecule has 1 aliphatic rings. The number of allylic oxidation sites excluding steroid dienone is 1. The number of hydrogen-bond donors (Lipinski definition) is 2. The molecule has 5 nitrogen and oxygen atoms in total. The molecule has 2 N–H and O–H groups in total. The molecule has 0 amide bonds. The van der Waals surface area contributed by atoms with Gasteiger partial charge in [0.25, 0.3) is 0 Å². The molecular weight excluding hydrogens is 258 g/mol. The minimum Gasteiger partial charge on any atom is -0.478 e. The van der Waals surface area contributed by atoms with E-state index in [-0.39, 0.29) is 17.0 Å². The molecule has 1 aromatic carbocycles. The normalized spacial score (nSPS) is 22.4. The van der Waals surface area contributed by atoms with Crippen LogP contribution in [0, 0.1) is 5.92 Å². The Morgan fingerprint density at radius 1 is 1.10 bits per heavy atom. The Hall–Kier alpha value is -2.43. The van der Waals surface area contributed by atoms with Crippen molar-refractivity contribution in [2.75, 3.05) is 0 Å². The van der Waals surface area contributed by atoms with Crippen molar-refractivity contribution in [2.45, 2.75) is 19.8 Å². The van der Waals surface area contributed by atoms with Gasteiger partial charge in [0.1, 0.15) is 5.71 Å². The fourth-order valence-corrected chi connectivity index (χ4v) is 2.62. The van der Waals surface area contributed by atoms with Gasteiger partial charge in [-0.2, -0.15) is 0 Å². The van der Waals surface area contributed by atoms with E-state index in [1.54, 1.807) is 6.92 Å². The van der Waals surface area contributed by atoms with Gasteiger partial charge in [-0.1, -0.05) is 37.3 Å². The molecule has 2 unspecified atom stereocenters. The van der Waals surface area contributed by atoms with Gasteiger partial charge in [0.2, 0.25) is 0 Å². The Labute approximate surface area is 116 Å². The van der Waals surface area contributed by atoms with Crippen LogP contribution in [-0.2, 0) is 9.59 Å². The largest absolute Gasteiger partial charge is 0.478 e. The molecule has 0 bridgehead atoms. The third-order valence-corrected chi connectivity index (χ3v) is 3.53. The Morgan fingerprint density at radius 3 is 2.20 bits per heavy atom. The van der Waals surface area contributed by atoms with Gasteiger partial charge < -0.3 is 10.2 Å². The van der Waals surface area contributed by atoms with Crippen molar-refractivity contribution in [1.82, 2.24) is 0 Å². The van der Waals surface area contributed by atoms with Gasteiger partial charge in [0, 0.05) is 17.5 Å². The summed E-state index contributed by atoms with van der Waals surface area (Å²) >= 11 is 0. The first kappa shape index (κ1) is 14.0. The predicted molar refractivity (Wildman–Crippen MR) is 73.8 cm³/mol. The second-order valence-corrected chi connectivity index (χ2v) is 4.78. The van der Waals surface area contributed by atoms with Gasteiger partial charge in [0.15, 0.2) is 0 Å². The molecule has 0 spiro atoms. The zero-order valence-electron chi connectivity index (χ0n) is 11.2. The topological polar surface area (TPSA) is 87.0 Å². The summed E-state index contributed by atoms with van der Waals surface area (Å²) < 4.78 is 0. The molecular formula is C15H15NO4. The third kappa shape index (κ3) is 2.34. The first-order valence-corrected chi connectivity index (χ1v) is 6.24. The monoisotopic (exact) mass is 273 g/mol. The van der Waals surface area contributed by atoms with Crippen LogP contribution in [0.25, 0.3) is 0 Å². The first-order valence-electron chi connectivity index (χ1n) is 6.24. The van der Waals surface area contributed by atoms with E-state index in [1.807, 2.05) is 30.3 Å². The quantitative estimate of drug-likeness (QED) is 0.884. The van der Waals surface area contributed by atoms with Crippen LogP contribution in [0.5, 0.6) is 0 Å². The first-order chi connectivity index (χ1) is 9.43. The standard InChI is InChI=1S/C15H15NO4/c1-8-11(10-6-4-3-5-7-10)12(14(17)18)9(2)16-13(8)15(19)20/h3-8,11H,1-2H3,(H,17,18)(H,19,20). The lowest BCUT2D eigenvalue weighted by atomic mass is 9.76. The average Bonchev–Trinajstić information content (AvgIpc) is 2.40. The molecule has 0 saturated carbocycles. The Bertz CT molecular complexity index is 616. The summed E-state index contributed by atoms with van der Waals surface area (Å²) in [6.07, 6.45) is 0. The van der Waals surface area contributed by atoms with Crippen LogP contribution in [-0.4, -0.2) is 27.9 Å². The predicted octanol–water partition coefficient (Wildman–Crippen LogP) is 2.30. The second kappa shape index (κ2) is 5.28. The number of carboxylic acid groups (broad SMARTS) is 2. The van der Waals surface area contributed by atoms with Gasteiger partial charge in [0.05, 0.1) is 5.57 Å². The molecule has 0 saturated heterocycles. The summed E-state index contributed by atoms with van der Waals surface area (Å²) in [6, 6.07) is 9.07. The van der Waals surface area contributed by atoms with E-state index in [0.717, 1.165) is 5.56 Å². The molecule has 1 heterocycles. The van der Waals surface area contributed by atoms with E-state index in [9.17, 15) is 19.8 Å². The van der Waals surface area contributed by atoms with Gasteiger partial charge in [-0.15, -0.1) is 0 Å². The summed E-state index contributed by atoms with van der Waals surface area (Å²) in [7, 11) is 0. The van der Waals surface area contributed by atoms with Crippen molar-refractivity contribution < 1.29 is 19.8 Å². The minimum atomic E-state index is -1.11. The van der Waals surface area contributed by atoms with Crippen LogP contribution in [0.15, 0.2) is 46.6 Å². The minimum absolute atomic E-state index is 0.00125. The van der Waals surface area contributed by atoms with Gasteiger partial charge in [-0.3, -0.25) is 0 Å². The number of carbonyl (C=O) groups is 2. The summed E-state index contributed by atoms with van der Waals surface area (Å²) in [5.74, 6) is -3.17. The fraction of sp³-hybridized carbons (Fsp3) is 0.267. The van der Waals surface area contributed by atoms with Crippen LogP contribution in [0.3, 0.4) is 0 Å². The van der Waals surface area contributed by atoms with E-state index >= 15 is 0 Å². The zero-order valence-corrected chi connectivity index (χ0v) is 11.2. The molecule has 2 rings (SSSR count). The van der Waals surface area contributed by atoms with Crippen LogP contribution in [0.1, 0.15) is 25.3 Å². The number of nitrogens with zero attached hydrogens (tertiary/aromatic N) is 1. The zero-order chi connectivity index (χ0) is 14.9. The number of aliphatic imine (C=N–C) groups is 1. The maximum Gasteiger partial charge on any atom is 0.350 e. The molecule has 5 heteroatoms. The maximum atomic E-state index is 11.5. The Morgan fingerprint density at radius 2 is 1.70 bits per heavy atom. The lowest BCUT2D eigenvalue weighted by Gasteiger charge is -2.29. The smallest absolute Gasteiger partial charge is 0.350 e. The van der Waals surface area contributed by atoms with Crippen molar-refractivity contribution in [1.29, 1.82) is 0 Å². The van der Waals surface area contributed by atoms with Crippen LogP contribution < -0.4 is 0 Å². The average molecular weight is 273 g/mol. The van der Waals surface area contributed by atoms with Gasteiger partial charge in [-0.05, 0) is 12.5 Å². The highest BCUT2D eigenvalue weighted by Crippen LogP contribution is 2.38.